The second-order valence-electron chi connectivity index (χ2n) is 5.92. The van der Waals surface area contributed by atoms with Crippen LogP contribution in [0.2, 0.25) is 0 Å². The first-order valence-electron chi connectivity index (χ1n) is 7.56. The molecule has 0 aliphatic carbocycles. The summed E-state index contributed by atoms with van der Waals surface area (Å²) in [6, 6.07) is 9.33. The number of likely N-dealkylation sites (tertiary alicyclic amines) is 1. The third-order valence-corrected chi connectivity index (χ3v) is 4.23. The highest BCUT2D eigenvalue weighted by molar-refractivity contribution is 5.36. The fourth-order valence-corrected chi connectivity index (χ4v) is 3.43. The monoisotopic (exact) mass is 277 g/mol. The molecule has 3 nitrogen and oxygen atoms in total. The largest absolute Gasteiger partial charge is 0.496 e. The highest BCUT2D eigenvalue weighted by Gasteiger charge is 2.34. The van der Waals surface area contributed by atoms with E-state index in [0.29, 0.717) is 18.0 Å². The summed E-state index contributed by atoms with van der Waals surface area (Å²) in [5.41, 5.74) is 1.30. The van der Waals surface area contributed by atoms with Gasteiger partial charge in [-0.05, 0) is 31.4 Å². The Hall–Kier alpha value is -1.06. The van der Waals surface area contributed by atoms with Gasteiger partial charge in [0.2, 0.25) is 0 Å². The number of hydrogen-bond donors (Lipinski definition) is 0. The van der Waals surface area contributed by atoms with Crippen molar-refractivity contribution in [3.63, 3.8) is 0 Å². The van der Waals surface area contributed by atoms with Crippen LogP contribution in [0.15, 0.2) is 24.3 Å². The standard InChI is InChI=1S/C17H27NO2/c1-13(2)17(15-9-5-6-10-16(15)20-4)18-11-7-8-14(18)12-19-3/h5-6,9-10,13-14,17H,7-8,11-12H2,1-4H3. The van der Waals surface area contributed by atoms with Gasteiger partial charge in [0, 0.05) is 24.8 Å². The Balaban J connectivity index is 2.31. The molecule has 0 saturated carbocycles. The molecular formula is C17H27NO2. The van der Waals surface area contributed by atoms with Crippen LogP contribution in [0.25, 0.3) is 0 Å². The zero-order chi connectivity index (χ0) is 14.5. The Labute approximate surface area is 122 Å². The first-order valence-corrected chi connectivity index (χ1v) is 7.56. The van der Waals surface area contributed by atoms with Gasteiger partial charge in [0.1, 0.15) is 5.75 Å². The first-order chi connectivity index (χ1) is 9.69. The molecule has 1 aliphatic heterocycles. The van der Waals surface area contributed by atoms with Gasteiger partial charge >= 0.3 is 0 Å². The van der Waals surface area contributed by atoms with Crippen LogP contribution in [0.5, 0.6) is 5.75 Å². The van der Waals surface area contributed by atoms with E-state index in [0.717, 1.165) is 18.9 Å². The average Bonchev–Trinajstić information content (AvgIpc) is 2.88. The highest BCUT2D eigenvalue weighted by Crippen LogP contribution is 2.38. The van der Waals surface area contributed by atoms with Gasteiger partial charge in [-0.3, -0.25) is 4.90 Å². The van der Waals surface area contributed by atoms with Crippen molar-refractivity contribution in [2.45, 2.75) is 38.8 Å². The van der Waals surface area contributed by atoms with Gasteiger partial charge < -0.3 is 9.47 Å². The predicted molar refractivity (Wildman–Crippen MR) is 82.2 cm³/mol. The normalized spacial score (nSPS) is 21.4. The predicted octanol–water partition coefficient (Wildman–Crippen LogP) is 3.50. The summed E-state index contributed by atoms with van der Waals surface area (Å²) in [4.78, 5) is 2.60. The van der Waals surface area contributed by atoms with Crippen molar-refractivity contribution < 1.29 is 9.47 Å². The molecule has 0 aromatic heterocycles. The summed E-state index contributed by atoms with van der Waals surface area (Å²) in [7, 11) is 3.55. The van der Waals surface area contributed by atoms with Crippen molar-refractivity contribution in [3.05, 3.63) is 29.8 Å². The van der Waals surface area contributed by atoms with Crippen molar-refractivity contribution in [3.8, 4) is 5.75 Å². The van der Waals surface area contributed by atoms with E-state index in [2.05, 4.69) is 36.9 Å². The highest BCUT2D eigenvalue weighted by atomic mass is 16.5. The molecule has 0 radical (unpaired) electrons. The van der Waals surface area contributed by atoms with Crippen LogP contribution >= 0.6 is 0 Å². The smallest absolute Gasteiger partial charge is 0.123 e. The summed E-state index contributed by atoms with van der Waals surface area (Å²) in [6.07, 6.45) is 2.48. The average molecular weight is 277 g/mol. The van der Waals surface area contributed by atoms with Gasteiger partial charge in [-0.1, -0.05) is 32.0 Å². The van der Waals surface area contributed by atoms with E-state index in [9.17, 15) is 0 Å². The summed E-state index contributed by atoms with van der Waals surface area (Å²) >= 11 is 0. The maximum Gasteiger partial charge on any atom is 0.123 e. The number of hydrogen-bond acceptors (Lipinski definition) is 3. The van der Waals surface area contributed by atoms with Crippen LogP contribution in [0.1, 0.15) is 38.3 Å². The molecule has 0 amide bonds. The van der Waals surface area contributed by atoms with Crippen molar-refractivity contribution in [1.82, 2.24) is 4.90 Å². The lowest BCUT2D eigenvalue weighted by Crippen LogP contribution is -2.38. The molecule has 1 saturated heterocycles. The van der Waals surface area contributed by atoms with Crippen LogP contribution in [0.4, 0.5) is 0 Å². The quantitative estimate of drug-likeness (QED) is 0.794. The number of methoxy groups -OCH3 is 2. The molecule has 1 aromatic carbocycles. The van der Waals surface area contributed by atoms with Crippen molar-refractivity contribution in [2.24, 2.45) is 5.92 Å². The number of nitrogens with zero attached hydrogens (tertiary/aromatic N) is 1. The maximum atomic E-state index is 5.57. The summed E-state index contributed by atoms with van der Waals surface area (Å²) in [5, 5.41) is 0. The minimum atomic E-state index is 0.397. The molecule has 1 aliphatic rings. The summed E-state index contributed by atoms with van der Waals surface area (Å²) in [6.45, 7) is 6.55. The molecule has 0 N–H and O–H groups in total. The third kappa shape index (κ3) is 3.15. The molecule has 1 fully saturated rings. The molecule has 112 valence electrons. The Morgan fingerprint density at radius 3 is 2.65 bits per heavy atom. The van der Waals surface area contributed by atoms with Gasteiger partial charge in [0.05, 0.1) is 13.7 Å². The van der Waals surface area contributed by atoms with E-state index in [4.69, 9.17) is 9.47 Å². The number of benzene rings is 1. The Bertz CT molecular complexity index is 419. The van der Waals surface area contributed by atoms with Crippen LogP contribution in [-0.2, 0) is 4.74 Å². The maximum absolute atomic E-state index is 5.57. The fraction of sp³-hybridized carbons (Fsp3) is 0.647. The van der Waals surface area contributed by atoms with Crippen LogP contribution in [0.3, 0.4) is 0 Å². The second-order valence-corrected chi connectivity index (χ2v) is 5.92. The molecule has 1 aromatic rings. The molecular weight excluding hydrogens is 250 g/mol. The van der Waals surface area contributed by atoms with Crippen molar-refractivity contribution >= 4 is 0 Å². The lowest BCUT2D eigenvalue weighted by Gasteiger charge is -2.36. The first kappa shape index (κ1) is 15.3. The fourth-order valence-electron chi connectivity index (χ4n) is 3.43. The van der Waals surface area contributed by atoms with E-state index < -0.39 is 0 Å². The topological polar surface area (TPSA) is 21.7 Å². The van der Waals surface area contributed by atoms with Crippen molar-refractivity contribution in [1.29, 1.82) is 0 Å². The second kappa shape index (κ2) is 7.09. The number of ether oxygens (including phenoxy) is 2. The molecule has 2 unspecified atom stereocenters. The lowest BCUT2D eigenvalue weighted by atomic mass is 9.93. The van der Waals surface area contributed by atoms with E-state index in [1.165, 1.54) is 18.4 Å². The van der Waals surface area contributed by atoms with Crippen molar-refractivity contribution in [2.75, 3.05) is 27.4 Å². The van der Waals surface area contributed by atoms with Gasteiger partial charge in [0.15, 0.2) is 0 Å². The number of rotatable bonds is 6. The Morgan fingerprint density at radius 2 is 2.00 bits per heavy atom. The van der Waals surface area contributed by atoms with E-state index in [1.54, 1.807) is 14.2 Å². The van der Waals surface area contributed by atoms with Crippen LogP contribution in [-0.4, -0.2) is 38.3 Å². The zero-order valence-corrected chi connectivity index (χ0v) is 13.1. The Morgan fingerprint density at radius 1 is 1.25 bits per heavy atom. The number of para-hydroxylation sites is 1. The minimum Gasteiger partial charge on any atom is -0.496 e. The van der Waals surface area contributed by atoms with Gasteiger partial charge in [-0.25, -0.2) is 0 Å². The summed E-state index contributed by atoms with van der Waals surface area (Å²) in [5.74, 6) is 1.54. The third-order valence-electron chi connectivity index (χ3n) is 4.23. The van der Waals surface area contributed by atoms with Crippen LogP contribution < -0.4 is 4.74 Å². The van der Waals surface area contributed by atoms with Gasteiger partial charge in [-0.2, -0.15) is 0 Å². The molecule has 0 bridgehead atoms. The SMILES string of the molecule is COCC1CCCN1C(c1ccccc1OC)C(C)C. The van der Waals surface area contributed by atoms with Crippen LogP contribution in [0, 0.1) is 5.92 Å². The Kier molecular flexibility index (Phi) is 5.44. The molecule has 2 rings (SSSR count). The molecule has 1 heterocycles. The molecule has 2 atom stereocenters. The van der Waals surface area contributed by atoms with E-state index in [-0.39, 0.29) is 0 Å². The molecule has 3 heteroatoms. The zero-order valence-electron chi connectivity index (χ0n) is 13.1. The van der Waals surface area contributed by atoms with Gasteiger partial charge in [0.25, 0.3) is 0 Å². The minimum absolute atomic E-state index is 0.397. The lowest BCUT2D eigenvalue weighted by molar-refractivity contribution is 0.0713. The van der Waals surface area contributed by atoms with E-state index in [1.807, 2.05) is 6.07 Å². The van der Waals surface area contributed by atoms with Gasteiger partial charge in [-0.15, -0.1) is 0 Å². The van der Waals surface area contributed by atoms with E-state index >= 15 is 0 Å². The summed E-state index contributed by atoms with van der Waals surface area (Å²) < 4.78 is 11.0. The molecule has 20 heavy (non-hydrogen) atoms. The molecule has 0 spiro atoms.